The molecule has 2 nitrogen and oxygen atoms in total. The number of aliphatic hydroxyl groups excluding tert-OH is 1. The molecule has 0 fully saturated rings. The Bertz CT molecular complexity index is 179. The molecule has 0 aliphatic heterocycles. The van der Waals surface area contributed by atoms with Crippen LogP contribution in [0.15, 0.2) is 24.0 Å². The Balaban J connectivity index is 4.01. The van der Waals surface area contributed by atoms with Crippen molar-refractivity contribution in [3.05, 3.63) is 24.0 Å². The maximum absolute atomic E-state index is 8.95. The zero-order valence-corrected chi connectivity index (χ0v) is 8.84. The van der Waals surface area contributed by atoms with Gasteiger partial charge in [-0.25, -0.2) is 0 Å². The largest absolute Gasteiger partial charge is 0.497 e. The zero-order chi connectivity index (χ0) is 10.3. The van der Waals surface area contributed by atoms with E-state index in [0.29, 0.717) is 11.7 Å². The van der Waals surface area contributed by atoms with Gasteiger partial charge in [-0.15, -0.1) is 0 Å². The van der Waals surface area contributed by atoms with Gasteiger partial charge in [-0.05, 0) is 24.8 Å². The zero-order valence-electron chi connectivity index (χ0n) is 8.84. The Morgan fingerprint density at radius 3 is 2.62 bits per heavy atom. The fourth-order valence-electron chi connectivity index (χ4n) is 0.989. The summed E-state index contributed by atoms with van der Waals surface area (Å²) in [6.07, 6.45) is 3.96. The Hall–Kier alpha value is -0.760. The molecule has 1 atom stereocenters. The molecule has 0 amide bonds. The maximum atomic E-state index is 8.95. The lowest BCUT2D eigenvalue weighted by atomic mass is 10.0. The minimum absolute atomic E-state index is 0.250. The van der Waals surface area contributed by atoms with Crippen molar-refractivity contribution in [2.24, 2.45) is 5.92 Å². The second-order valence-corrected chi connectivity index (χ2v) is 3.21. The van der Waals surface area contributed by atoms with Crippen LogP contribution in [0.1, 0.15) is 26.7 Å². The van der Waals surface area contributed by atoms with Gasteiger partial charge in [-0.1, -0.05) is 26.0 Å². The van der Waals surface area contributed by atoms with Crippen LogP contribution in [0.3, 0.4) is 0 Å². The lowest BCUT2D eigenvalue weighted by molar-refractivity contribution is 0.223. The van der Waals surface area contributed by atoms with Crippen molar-refractivity contribution in [1.29, 1.82) is 0 Å². The first-order valence-electron chi connectivity index (χ1n) is 4.66. The third-order valence-electron chi connectivity index (χ3n) is 2.28. The highest BCUT2D eigenvalue weighted by atomic mass is 16.5. The fraction of sp³-hybridized carbons (Fsp3) is 0.636. The van der Waals surface area contributed by atoms with Gasteiger partial charge >= 0.3 is 0 Å². The number of methoxy groups -OCH3 is 1. The molecule has 0 saturated heterocycles. The van der Waals surface area contributed by atoms with E-state index in [4.69, 9.17) is 9.84 Å². The number of rotatable bonds is 6. The van der Waals surface area contributed by atoms with E-state index in [2.05, 4.69) is 19.6 Å². The van der Waals surface area contributed by atoms with E-state index >= 15 is 0 Å². The molecular formula is C11H20O2. The van der Waals surface area contributed by atoms with Crippen molar-refractivity contribution >= 4 is 0 Å². The summed E-state index contributed by atoms with van der Waals surface area (Å²) in [5, 5.41) is 8.95. The predicted octanol–water partition coefficient (Wildman–Crippen LogP) is 2.50. The molecule has 1 N–H and O–H groups in total. The highest BCUT2D eigenvalue weighted by molar-refractivity contribution is 5.20. The number of aliphatic hydroxyl groups is 1. The molecular weight excluding hydrogens is 164 g/mol. The molecule has 76 valence electrons. The summed E-state index contributed by atoms with van der Waals surface area (Å²) in [7, 11) is 1.61. The molecule has 0 rings (SSSR count). The van der Waals surface area contributed by atoms with E-state index in [1.165, 1.54) is 0 Å². The fourth-order valence-corrected chi connectivity index (χ4v) is 0.989. The van der Waals surface area contributed by atoms with Crippen molar-refractivity contribution in [3.8, 4) is 0 Å². The second kappa shape index (κ2) is 6.72. The molecule has 0 aromatic rings. The van der Waals surface area contributed by atoms with Gasteiger partial charge in [0.15, 0.2) is 0 Å². The number of hydrogen-bond donors (Lipinski definition) is 1. The van der Waals surface area contributed by atoms with E-state index < -0.39 is 0 Å². The molecule has 0 heterocycles. The quantitative estimate of drug-likeness (QED) is 0.507. The van der Waals surface area contributed by atoms with Crippen LogP contribution in [0.4, 0.5) is 0 Å². The van der Waals surface area contributed by atoms with Gasteiger partial charge in [0.05, 0.1) is 7.11 Å². The molecule has 1 unspecified atom stereocenters. The highest BCUT2D eigenvalue weighted by Gasteiger charge is 2.02. The average molecular weight is 184 g/mol. The summed E-state index contributed by atoms with van der Waals surface area (Å²) in [5.41, 5.74) is 1.05. The van der Waals surface area contributed by atoms with Gasteiger partial charge in [-0.2, -0.15) is 0 Å². The summed E-state index contributed by atoms with van der Waals surface area (Å²) in [6.45, 7) is 8.05. The number of hydrogen-bond acceptors (Lipinski definition) is 2. The van der Waals surface area contributed by atoms with E-state index in [0.717, 1.165) is 18.4 Å². The van der Waals surface area contributed by atoms with E-state index in [-0.39, 0.29) is 6.61 Å². The van der Waals surface area contributed by atoms with Gasteiger partial charge < -0.3 is 9.84 Å². The Labute approximate surface area is 80.9 Å². The molecule has 2 heteroatoms. The third-order valence-corrected chi connectivity index (χ3v) is 2.28. The summed E-state index contributed by atoms with van der Waals surface area (Å²) in [4.78, 5) is 0. The lowest BCUT2D eigenvalue weighted by Gasteiger charge is -2.09. The molecule has 0 aliphatic carbocycles. The molecule has 0 aromatic heterocycles. The van der Waals surface area contributed by atoms with Crippen LogP contribution < -0.4 is 0 Å². The first kappa shape index (κ1) is 12.2. The van der Waals surface area contributed by atoms with Crippen LogP contribution in [-0.4, -0.2) is 18.8 Å². The van der Waals surface area contributed by atoms with Gasteiger partial charge in [-0.3, -0.25) is 0 Å². The minimum atomic E-state index is 0.250. The Morgan fingerprint density at radius 2 is 2.23 bits per heavy atom. The van der Waals surface area contributed by atoms with Crippen LogP contribution in [0.5, 0.6) is 0 Å². The van der Waals surface area contributed by atoms with Crippen LogP contribution in [0.25, 0.3) is 0 Å². The van der Waals surface area contributed by atoms with Gasteiger partial charge in [0.25, 0.3) is 0 Å². The first-order chi connectivity index (χ1) is 6.15. The maximum Gasteiger partial charge on any atom is 0.114 e. The molecule has 0 spiro atoms. The summed E-state index contributed by atoms with van der Waals surface area (Å²) < 4.78 is 4.99. The molecule has 0 saturated carbocycles. The van der Waals surface area contributed by atoms with Gasteiger partial charge in [0.1, 0.15) is 5.76 Å². The summed E-state index contributed by atoms with van der Waals surface area (Å²) in [6, 6.07) is 0. The third kappa shape index (κ3) is 4.73. The Kier molecular flexibility index (Phi) is 6.33. The normalized spacial score (nSPS) is 14.0. The minimum Gasteiger partial charge on any atom is -0.497 e. The van der Waals surface area contributed by atoms with Crippen molar-refractivity contribution < 1.29 is 9.84 Å². The topological polar surface area (TPSA) is 29.5 Å². The number of allylic oxidation sites excluding steroid dienone is 2. The standard InChI is InChI=1S/C11H20O2/c1-5-11(8-12)7-6-9(2)10(3)13-4/h6,11-12H,3,5,7-8H2,1-2,4H3/b9-6+. The summed E-state index contributed by atoms with van der Waals surface area (Å²) in [5.74, 6) is 1.06. The molecule has 0 aromatic carbocycles. The van der Waals surface area contributed by atoms with E-state index in [9.17, 15) is 0 Å². The highest BCUT2D eigenvalue weighted by Crippen LogP contribution is 2.13. The van der Waals surface area contributed by atoms with E-state index in [1.54, 1.807) is 7.11 Å². The SMILES string of the molecule is C=C(OC)/C(C)=C/CC(CC)CO. The van der Waals surface area contributed by atoms with Crippen molar-refractivity contribution in [2.75, 3.05) is 13.7 Å². The smallest absolute Gasteiger partial charge is 0.114 e. The monoisotopic (exact) mass is 184 g/mol. The average Bonchev–Trinajstić information content (AvgIpc) is 2.17. The van der Waals surface area contributed by atoms with Crippen molar-refractivity contribution in [2.45, 2.75) is 26.7 Å². The van der Waals surface area contributed by atoms with Crippen molar-refractivity contribution in [3.63, 3.8) is 0 Å². The number of ether oxygens (including phenoxy) is 1. The van der Waals surface area contributed by atoms with E-state index in [1.807, 2.05) is 6.92 Å². The molecule has 0 radical (unpaired) electrons. The lowest BCUT2D eigenvalue weighted by Crippen LogP contribution is -2.03. The van der Waals surface area contributed by atoms with Crippen LogP contribution in [0, 0.1) is 5.92 Å². The Morgan fingerprint density at radius 1 is 1.62 bits per heavy atom. The molecule has 0 bridgehead atoms. The second-order valence-electron chi connectivity index (χ2n) is 3.21. The van der Waals surface area contributed by atoms with Gasteiger partial charge in [0.2, 0.25) is 0 Å². The predicted molar refractivity (Wildman–Crippen MR) is 55.4 cm³/mol. The van der Waals surface area contributed by atoms with Crippen LogP contribution in [-0.2, 0) is 4.74 Å². The first-order valence-corrected chi connectivity index (χ1v) is 4.66. The van der Waals surface area contributed by atoms with Crippen LogP contribution >= 0.6 is 0 Å². The summed E-state index contributed by atoms with van der Waals surface area (Å²) >= 11 is 0. The molecule has 13 heavy (non-hydrogen) atoms. The van der Waals surface area contributed by atoms with Gasteiger partial charge in [0, 0.05) is 6.61 Å². The molecule has 0 aliphatic rings. The van der Waals surface area contributed by atoms with Crippen molar-refractivity contribution in [1.82, 2.24) is 0 Å². The van der Waals surface area contributed by atoms with Crippen LogP contribution in [0.2, 0.25) is 0 Å².